The van der Waals surface area contributed by atoms with Crippen LogP contribution < -0.4 is 10.1 Å². The molecule has 0 bridgehead atoms. The summed E-state index contributed by atoms with van der Waals surface area (Å²) < 4.78 is 44.0. The van der Waals surface area contributed by atoms with Crippen LogP contribution in [0.4, 0.5) is 13.2 Å². The summed E-state index contributed by atoms with van der Waals surface area (Å²) in [4.78, 5) is 0. The Balaban J connectivity index is 2.10. The van der Waals surface area contributed by atoms with Crippen LogP contribution in [0.2, 0.25) is 0 Å². The maximum absolute atomic E-state index is 12.8. The summed E-state index contributed by atoms with van der Waals surface area (Å²) in [7, 11) is 1.85. The van der Waals surface area contributed by atoms with Crippen molar-refractivity contribution in [3.05, 3.63) is 29.3 Å². The Morgan fingerprint density at radius 2 is 2.17 bits per heavy atom. The lowest BCUT2D eigenvalue weighted by atomic mass is 10.0. The molecule has 1 heterocycles. The highest BCUT2D eigenvalue weighted by Gasteiger charge is 2.37. The lowest BCUT2D eigenvalue weighted by Crippen LogP contribution is -2.17. The van der Waals surface area contributed by atoms with E-state index in [9.17, 15) is 13.2 Å². The molecule has 1 aliphatic heterocycles. The van der Waals surface area contributed by atoms with Gasteiger partial charge in [0.05, 0.1) is 5.56 Å². The van der Waals surface area contributed by atoms with Gasteiger partial charge in [0.25, 0.3) is 0 Å². The summed E-state index contributed by atoms with van der Waals surface area (Å²) in [6, 6.07) is 4.14. The largest absolute Gasteiger partial charge is 0.490 e. The van der Waals surface area contributed by atoms with E-state index < -0.39 is 11.7 Å². The first kappa shape index (κ1) is 13.2. The Kier molecular flexibility index (Phi) is 3.80. The molecule has 2 rings (SSSR count). The summed E-state index contributed by atoms with van der Waals surface area (Å²) in [5.74, 6) is 0.388. The summed E-state index contributed by atoms with van der Waals surface area (Å²) in [6.07, 6.45) is -2.40. The van der Waals surface area contributed by atoms with Crippen LogP contribution in [-0.4, -0.2) is 19.7 Å². The summed E-state index contributed by atoms with van der Waals surface area (Å²) in [5.41, 5.74) is -0.254. The van der Waals surface area contributed by atoms with Crippen LogP contribution in [-0.2, 0) is 12.6 Å². The number of alkyl halides is 3. The van der Waals surface area contributed by atoms with Crippen molar-refractivity contribution in [2.24, 2.45) is 0 Å². The standard InChI is InChI=1S/C13H16F3NO/c1-17-7-3-4-9-8-10-11(13(14,15)16)5-2-6-12(10)18-9/h2,5-6,9,17H,3-4,7-8H2,1H3. The zero-order chi connectivity index (χ0) is 13.2. The van der Waals surface area contributed by atoms with E-state index in [2.05, 4.69) is 5.32 Å². The van der Waals surface area contributed by atoms with Crippen molar-refractivity contribution in [3.63, 3.8) is 0 Å². The van der Waals surface area contributed by atoms with Crippen molar-refractivity contribution in [1.29, 1.82) is 0 Å². The van der Waals surface area contributed by atoms with Crippen LogP contribution in [0.25, 0.3) is 0 Å². The molecule has 1 aromatic carbocycles. The predicted octanol–water partition coefficient (Wildman–Crippen LogP) is 3.01. The monoisotopic (exact) mass is 259 g/mol. The van der Waals surface area contributed by atoms with Crippen molar-refractivity contribution in [1.82, 2.24) is 5.32 Å². The third kappa shape index (κ3) is 2.77. The van der Waals surface area contributed by atoms with E-state index in [1.165, 1.54) is 6.07 Å². The van der Waals surface area contributed by atoms with Crippen LogP contribution in [0.5, 0.6) is 5.75 Å². The van der Waals surface area contributed by atoms with Crippen molar-refractivity contribution >= 4 is 0 Å². The molecule has 0 saturated carbocycles. The highest BCUT2D eigenvalue weighted by atomic mass is 19.4. The molecule has 0 radical (unpaired) electrons. The van der Waals surface area contributed by atoms with Crippen molar-refractivity contribution in [2.45, 2.75) is 31.5 Å². The van der Waals surface area contributed by atoms with Gasteiger partial charge in [-0.3, -0.25) is 0 Å². The van der Waals surface area contributed by atoms with Crippen LogP contribution in [0.3, 0.4) is 0 Å². The normalized spacial score (nSPS) is 18.6. The second kappa shape index (κ2) is 5.18. The minimum absolute atomic E-state index is 0.128. The summed E-state index contributed by atoms with van der Waals surface area (Å²) in [6.45, 7) is 0.850. The third-order valence-corrected chi connectivity index (χ3v) is 3.12. The first-order chi connectivity index (χ1) is 8.52. The van der Waals surface area contributed by atoms with Gasteiger partial charge in [0.2, 0.25) is 0 Å². The average Bonchev–Trinajstić information content (AvgIpc) is 2.70. The van der Waals surface area contributed by atoms with Gasteiger partial charge in [-0.1, -0.05) is 6.07 Å². The Morgan fingerprint density at radius 3 is 2.83 bits per heavy atom. The zero-order valence-corrected chi connectivity index (χ0v) is 10.2. The molecule has 100 valence electrons. The average molecular weight is 259 g/mol. The number of hydrogen-bond acceptors (Lipinski definition) is 2. The van der Waals surface area contributed by atoms with Gasteiger partial charge >= 0.3 is 6.18 Å². The lowest BCUT2D eigenvalue weighted by Gasteiger charge is -2.09. The summed E-state index contributed by atoms with van der Waals surface area (Å²) >= 11 is 0. The number of ether oxygens (including phenoxy) is 1. The van der Waals surface area contributed by atoms with Gasteiger partial charge in [-0.05, 0) is 38.6 Å². The number of hydrogen-bond donors (Lipinski definition) is 1. The number of benzene rings is 1. The first-order valence-electron chi connectivity index (χ1n) is 6.02. The van der Waals surface area contributed by atoms with E-state index in [0.717, 1.165) is 25.5 Å². The van der Waals surface area contributed by atoms with Gasteiger partial charge < -0.3 is 10.1 Å². The highest BCUT2D eigenvalue weighted by Crippen LogP contribution is 2.40. The van der Waals surface area contributed by atoms with Gasteiger partial charge in [0.1, 0.15) is 11.9 Å². The molecular weight excluding hydrogens is 243 g/mol. The Hall–Kier alpha value is -1.23. The van der Waals surface area contributed by atoms with Crippen LogP contribution >= 0.6 is 0 Å². The van der Waals surface area contributed by atoms with E-state index in [1.54, 1.807) is 6.07 Å². The number of halogens is 3. The highest BCUT2D eigenvalue weighted by molar-refractivity contribution is 5.44. The van der Waals surface area contributed by atoms with E-state index in [4.69, 9.17) is 4.74 Å². The van der Waals surface area contributed by atoms with Crippen molar-refractivity contribution in [2.75, 3.05) is 13.6 Å². The van der Waals surface area contributed by atoms with Gasteiger partial charge in [0.15, 0.2) is 0 Å². The predicted molar refractivity (Wildman–Crippen MR) is 62.7 cm³/mol. The quantitative estimate of drug-likeness (QED) is 0.839. The van der Waals surface area contributed by atoms with E-state index in [1.807, 2.05) is 7.05 Å². The molecule has 2 nitrogen and oxygen atoms in total. The fourth-order valence-corrected chi connectivity index (χ4v) is 2.27. The molecule has 1 unspecified atom stereocenters. The van der Waals surface area contributed by atoms with Gasteiger partial charge in [-0.2, -0.15) is 13.2 Å². The molecule has 1 atom stereocenters. The lowest BCUT2D eigenvalue weighted by molar-refractivity contribution is -0.138. The maximum Gasteiger partial charge on any atom is 0.416 e. The Bertz CT molecular complexity index is 417. The van der Waals surface area contributed by atoms with Gasteiger partial charge in [-0.15, -0.1) is 0 Å². The van der Waals surface area contributed by atoms with E-state index in [-0.39, 0.29) is 6.10 Å². The molecule has 18 heavy (non-hydrogen) atoms. The first-order valence-corrected chi connectivity index (χ1v) is 6.02. The SMILES string of the molecule is CNCCCC1Cc2c(cccc2C(F)(F)F)O1. The molecule has 1 N–H and O–H groups in total. The number of rotatable bonds is 4. The number of nitrogens with one attached hydrogen (secondary N) is 1. The van der Waals surface area contributed by atoms with Crippen LogP contribution in [0.1, 0.15) is 24.0 Å². The second-order valence-corrected chi connectivity index (χ2v) is 4.47. The molecule has 1 aliphatic rings. The van der Waals surface area contributed by atoms with Crippen molar-refractivity contribution < 1.29 is 17.9 Å². The molecule has 0 amide bonds. The van der Waals surface area contributed by atoms with Crippen molar-refractivity contribution in [3.8, 4) is 5.75 Å². The maximum atomic E-state index is 12.8. The molecule has 0 aromatic heterocycles. The molecule has 0 saturated heterocycles. The number of fused-ring (bicyclic) bond motifs is 1. The minimum Gasteiger partial charge on any atom is -0.490 e. The summed E-state index contributed by atoms with van der Waals surface area (Å²) in [5, 5.41) is 3.01. The smallest absolute Gasteiger partial charge is 0.416 e. The molecule has 0 spiro atoms. The molecule has 5 heteroatoms. The zero-order valence-electron chi connectivity index (χ0n) is 10.2. The molecule has 1 aromatic rings. The van der Waals surface area contributed by atoms with Gasteiger partial charge in [-0.25, -0.2) is 0 Å². The van der Waals surface area contributed by atoms with E-state index >= 15 is 0 Å². The fraction of sp³-hybridized carbons (Fsp3) is 0.538. The minimum atomic E-state index is -4.30. The Morgan fingerprint density at radius 1 is 1.39 bits per heavy atom. The topological polar surface area (TPSA) is 21.3 Å². The molecule has 0 fully saturated rings. The molecule has 0 aliphatic carbocycles. The van der Waals surface area contributed by atoms with Crippen LogP contribution in [0.15, 0.2) is 18.2 Å². The van der Waals surface area contributed by atoms with Gasteiger partial charge in [0, 0.05) is 12.0 Å². The third-order valence-electron chi connectivity index (χ3n) is 3.12. The second-order valence-electron chi connectivity index (χ2n) is 4.47. The van der Waals surface area contributed by atoms with Crippen LogP contribution in [0, 0.1) is 0 Å². The van der Waals surface area contributed by atoms with E-state index in [0.29, 0.717) is 17.7 Å². The Labute approximate surface area is 104 Å². The fourth-order valence-electron chi connectivity index (χ4n) is 2.27. The molecular formula is C13H16F3NO.